The fraction of sp³-hybridized carbons (Fsp3) is 0.350. The molecular formula is C40H45ClFN3O5. The Morgan fingerprint density at radius 1 is 0.960 bits per heavy atom. The number of carbonyl (C=O) groups excluding carboxylic acids is 2. The number of nitrogens with zero attached hydrogens (tertiary/aromatic N) is 1. The molecule has 0 saturated carbocycles. The molecule has 2 N–H and O–H groups in total. The molecule has 10 heteroatoms. The van der Waals surface area contributed by atoms with Crippen LogP contribution < -0.4 is 25.0 Å². The van der Waals surface area contributed by atoms with Gasteiger partial charge in [0.05, 0.1) is 20.1 Å². The molecule has 0 bridgehead atoms. The predicted octanol–water partition coefficient (Wildman–Crippen LogP) is 7.62. The van der Waals surface area contributed by atoms with Crippen LogP contribution in [0, 0.1) is 11.2 Å². The highest BCUT2D eigenvalue weighted by molar-refractivity contribution is 6.30. The van der Waals surface area contributed by atoms with Crippen molar-refractivity contribution in [1.82, 2.24) is 10.6 Å². The lowest BCUT2D eigenvalue weighted by Gasteiger charge is -2.31. The predicted molar refractivity (Wildman–Crippen MR) is 194 cm³/mol. The number of rotatable bonds is 14. The van der Waals surface area contributed by atoms with Crippen molar-refractivity contribution in [3.05, 3.63) is 124 Å². The smallest absolute Gasteiger partial charge is 0.256 e. The molecule has 0 aromatic heterocycles. The second-order valence-corrected chi connectivity index (χ2v) is 13.9. The summed E-state index contributed by atoms with van der Waals surface area (Å²) < 4.78 is 33.1. The van der Waals surface area contributed by atoms with Crippen molar-refractivity contribution in [2.45, 2.75) is 58.9 Å². The molecule has 2 amide bonds. The Labute approximate surface area is 298 Å². The lowest BCUT2D eigenvalue weighted by atomic mass is 9.94. The first kappa shape index (κ1) is 36.8. The van der Waals surface area contributed by atoms with E-state index >= 15 is 0 Å². The molecule has 1 aliphatic heterocycles. The van der Waals surface area contributed by atoms with Crippen LogP contribution in [0.4, 0.5) is 10.1 Å². The molecule has 0 saturated heterocycles. The average Bonchev–Trinajstić information content (AvgIpc) is 3.19. The van der Waals surface area contributed by atoms with E-state index in [2.05, 4.69) is 22.8 Å². The highest BCUT2D eigenvalue weighted by Crippen LogP contribution is 2.45. The summed E-state index contributed by atoms with van der Waals surface area (Å²) in [5.74, 6) is -0.242. The quantitative estimate of drug-likeness (QED) is 0.132. The molecule has 0 radical (unpaired) electrons. The van der Waals surface area contributed by atoms with Gasteiger partial charge >= 0.3 is 0 Å². The number of methoxy groups -OCH3 is 1. The topological polar surface area (TPSA) is 89.1 Å². The van der Waals surface area contributed by atoms with E-state index in [0.717, 1.165) is 19.5 Å². The third-order valence-electron chi connectivity index (χ3n) is 8.27. The van der Waals surface area contributed by atoms with Gasteiger partial charge in [-0.05, 0) is 54.3 Å². The number of ether oxygens (including phenoxy) is 3. The van der Waals surface area contributed by atoms with Gasteiger partial charge in [-0.1, -0.05) is 93.0 Å². The molecule has 0 fully saturated rings. The van der Waals surface area contributed by atoms with Crippen LogP contribution >= 0.6 is 11.6 Å². The Kier molecular flexibility index (Phi) is 12.5. The van der Waals surface area contributed by atoms with Gasteiger partial charge in [-0.3, -0.25) is 9.59 Å². The molecule has 50 heavy (non-hydrogen) atoms. The zero-order chi connectivity index (χ0) is 35.7. The Hall–Kier alpha value is -4.44. The van der Waals surface area contributed by atoms with Gasteiger partial charge in [-0.2, -0.15) is 0 Å². The van der Waals surface area contributed by atoms with Gasteiger partial charge in [0.15, 0.2) is 11.5 Å². The van der Waals surface area contributed by atoms with E-state index in [1.807, 2.05) is 63.2 Å². The summed E-state index contributed by atoms with van der Waals surface area (Å²) >= 11 is 6.57. The molecule has 1 heterocycles. The highest BCUT2D eigenvalue weighted by atomic mass is 35.5. The number of nitrogens with one attached hydrogen (secondary N) is 2. The Morgan fingerprint density at radius 3 is 2.46 bits per heavy atom. The largest absolute Gasteiger partial charge is 0.492 e. The summed E-state index contributed by atoms with van der Waals surface area (Å²) in [6.45, 7) is 8.44. The summed E-state index contributed by atoms with van der Waals surface area (Å²) in [5.41, 5.74) is 3.18. The van der Waals surface area contributed by atoms with Crippen LogP contribution in [0.2, 0.25) is 5.02 Å². The first-order valence-corrected chi connectivity index (χ1v) is 17.2. The number of hydrogen-bond donors (Lipinski definition) is 2. The first-order valence-electron chi connectivity index (χ1n) is 16.8. The standard InChI is InChI=1S/C40H45ClFN3O5/c1-40(2,3)26-45-33-19-18-29(41)22-31(33)37(50-35(39(45)47)23-36(46)44-25-28-14-8-9-16-32(28)42)30-15-10-17-34(38(30)48-4)49-21-11-20-43-24-27-12-6-5-7-13-27/h5-10,12-19,22,35,37,43H,11,20-21,23-26H2,1-4H3,(H,44,46)/t35-,37-/m0/s1. The molecule has 2 atom stereocenters. The summed E-state index contributed by atoms with van der Waals surface area (Å²) in [6.07, 6.45) is -1.52. The van der Waals surface area contributed by atoms with Crippen LogP contribution in [0.1, 0.15) is 62.0 Å². The summed E-state index contributed by atoms with van der Waals surface area (Å²) in [5, 5.41) is 6.66. The van der Waals surface area contributed by atoms with Crippen LogP contribution in [-0.2, 0) is 27.4 Å². The number of hydrogen-bond acceptors (Lipinski definition) is 6. The van der Waals surface area contributed by atoms with E-state index < -0.39 is 23.9 Å². The Balaban J connectivity index is 1.41. The van der Waals surface area contributed by atoms with Crippen LogP contribution in [0.3, 0.4) is 0 Å². The van der Waals surface area contributed by atoms with Gasteiger partial charge in [-0.15, -0.1) is 0 Å². The van der Waals surface area contributed by atoms with E-state index in [4.69, 9.17) is 25.8 Å². The van der Waals surface area contributed by atoms with Crippen LogP contribution in [0.15, 0.2) is 91.0 Å². The van der Waals surface area contributed by atoms with Gasteiger partial charge in [0.25, 0.3) is 5.91 Å². The highest BCUT2D eigenvalue weighted by Gasteiger charge is 2.40. The molecule has 0 spiro atoms. The van der Waals surface area contributed by atoms with Crippen molar-refractivity contribution in [3.63, 3.8) is 0 Å². The minimum absolute atomic E-state index is 0.0215. The fourth-order valence-corrected chi connectivity index (χ4v) is 6.12. The average molecular weight is 702 g/mol. The van der Waals surface area contributed by atoms with Crippen molar-refractivity contribution in [2.75, 3.05) is 31.7 Å². The van der Waals surface area contributed by atoms with Crippen molar-refractivity contribution in [1.29, 1.82) is 0 Å². The van der Waals surface area contributed by atoms with Crippen molar-refractivity contribution in [2.24, 2.45) is 5.41 Å². The van der Waals surface area contributed by atoms with Gasteiger partial charge in [0, 0.05) is 47.0 Å². The second kappa shape index (κ2) is 17.0. The summed E-state index contributed by atoms with van der Waals surface area (Å²) in [6, 6.07) is 27.3. The van der Waals surface area contributed by atoms with E-state index in [9.17, 15) is 14.0 Å². The van der Waals surface area contributed by atoms with Gasteiger partial charge in [0.1, 0.15) is 18.0 Å². The lowest BCUT2D eigenvalue weighted by Crippen LogP contribution is -2.45. The Bertz CT molecular complexity index is 1760. The van der Waals surface area contributed by atoms with Gasteiger partial charge in [0.2, 0.25) is 5.91 Å². The fourth-order valence-electron chi connectivity index (χ4n) is 5.94. The van der Waals surface area contributed by atoms with Crippen molar-refractivity contribution in [3.8, 4) is 11.5 Å². The normalized spacial score (nSPS) is 16.0. The molecule has 0 aliphatic carbocycles. The maximum absolute atomic E-state index is 14.3. The molecule has 264 valence electrons. The monoisotopic (exact) mass is 701 g/mol. The number of anilines is 1. The minimum Gasteiger partial charge on any atom is -0.492 e. The van der Waals surface area contributed by atoms with Crippen LogP contribution in [0.5, 0.6) is 11.5 Å². The third kappa shape index (κ3) is 9.62. The molecule has 4 aromatic rings. The van der Waals surface area contributed by atoms with Crippen molar-refractivity contribution >= 4 is 29.1 Å². The zero-order valence-corrected chi connectivity index (χ0v) is 29.8. The maximum atomic E-state index is 14.3. The van der Waals surface area contributed by atoms with E-state index in [-0.39, 0.29) is 24.3 Å². The Morgan fingerprint density at radius 2 is 1.72 bits per heavy atom. The first-order chi connectivity index (χ1) is 24.0. The van der Waals surface area contributed by atoms with Crippen molar-refractivity contribution < 1.29 is 28.2 Å². The van der Waals surface area contributed by atoms with Crippen LogP contribution in [-0.4, -0.2) is 44.7 Å². The number of amides is 2. The van der Waals surface area contributed by atoms with Gasteiger partial charge < -0.3 is 29.7 Å². The number of benzene rings is 4. The molecule has 0 unspecified atom stereocenters. The van der Waals surface area contributed by atoms with E-state index in [1.54, 1.807) is 42.3 Å². The van der Waals surface area contributed by atoms with Crippen LogP contribution in [0.25, 0.3) is 0 Å². The summed E-state index contributed by atoms with van der Waals surface area (Å²) in [4.78, 5) is 29.3. The molecule has 1 aliphatic rings. The number of fused-ring (bicyclic) bond motifs is 1. The minimum atomic E-state index is -1.17. The van der Waals surface area contributed by atoms with E-state index in [0.29, 0.717) is 52.1 Å². The number of para-hydroxylation sites is 1. The molecule has 4 aromatic carbocycles. The summed E-state index contributed by atoms with van der Waals surface area (Å²) in [7, 11) is 1.56. The number of carbonyl (C=O) groups is 2. The third-order valence-corrected chi connectivity index (χ3v) is 8.50. The number of halogens is 2. The van der Waals surface area contributed by atoms with E-state index in [1.165, 1.54) is 11.6 Å². The SMILES string of the molecule is COc1c(OCCCNCc2ccccc2)cccc1[C@@H]1O[C@@H](CC(=O)NCc2ccccc2F)C(=O)N(CC(C)(C)C)c2ccc(Cl)cc21. The maximum Gasteiger partial charge on any atom is 0.256 e. The lowest BCUT2D eigenvalue weighted by molar-refractivity contribution is -0.138. The molecule has 8 nitrogen and oxygen atoms in total. The second-order valence-electron chi connectivity index (χ2n) is 13.5. The van der Waals surface area contributed by atoms with Gasteiger partial charge in [-0.25, -0.2) is 4.39 Å². The zero-order valence-electron chi connectivity index (χ0n) is 29.0. The molecular weight excluding hydrogens is 657 g/mol. The molecule has 5 rings (SSSR count).